The van der Waals surface area contributed by atoms with E-state index in [1.54, 1.807) is 0 Å². The fourth-order valence-corrected chi connectivity index (χ4v) is 3.03. The molecule has 0 bridgehead atoms. The molecule has 9 N–H and O–H groups in total. The average Bonchev–Trinajstić information content (AvgIpc) is 2.75. The molecule has 0 aliphatic carbocycles. The van der Waals surface area contributed by atoms with Gasteiger partial charge in [0.05, 0.1) is 11.1 Å². The van der Waals surface area contributed by atoms with E-state index in [1.807, 2.05) is 0 Å². The molecule has 0 aliphatic rings. The summed E-state index contributed by atoms with van der Waals surface area (Å²) in [5.74, 6) is -12.5. The molecule has 0 radical (unpaired) electrons. The number of phenols is 6. The summed E-state index contributed by atoms with van der Waals surface area (Å²) >= 11 is 0. The number of hydrogen-bond acceptors (Lipinski definition) is 10. The first-order valence-corrected chi connectivity index (χ1v) is 8.92. The number of ether oxygens (including phenoxy) is 1. The first kappa shape index (κ1) is 23.3. The SMILES string of the molecule is O=C(O)c1cc(O)c(O)cc1-c1cc(O)c(Oc2c(C(=O)O)cc(O)c(O)c2O)cc1C(=O)O. The molecule has 0 fully saturated rings. The van der Waals surface area contributed by atoms with Crippen LogP contribution in [0.15, 0.2) is 30.3 Å². The molecule has 0 aliphatic heterocycles. The fourth-order valence-electron chi connectivity index (χ4n) is 3.03. The lowest BCUT2D eigenvalue weighted by molar-refractivity contribution is 0.0682. The number of carboxylic acid groups (broad SMARTS) is 3. The van der Waals surface area contributed by atoms with Crippen molar-refractivity contribution in [3.8, 4) is 57.1 Å². The third-order valence-electron chi connectivity index (χ3n) is 4.61. The minimum atomic E-state index is -1.72. The van der Waals surface area contributed by atoms with Gasteiger partial charge in [0.1, 0.15) is 5.56 Å². The van der Waals surface area contributed by atoms with Gasteiger partial charge in [0.2, 0.25) is 11.5 Å². The molecule has 13 heteroatoms. The molecule has 13 nitrogen and oxygen atoms in total. The van der Waals surface area contributed by atoms with Gasteiger partial charge in [-0.05, 0) is 24.3 Å². The van der Waals surface area contributed by atoms with Gasteiger partial charge in [-0.2, -0.15) is 0 Å². The van der Waals surface area contributed by atoms with Crippen LogP contribution in [0.5, 0.6) is 46.0 Å². The fraction of sp³-hybridized carbons (Fsp3) is 0. The lowest BCUT2D eigenvalue weighted by Gasteiger charge is -2.16. The molecule has 0 spiro atoms. The maximum atomic E-state index is 11.9. The summed E-state index contributed by atoms with van der Waals surface area (Å²) < 4.78 is 5.15. The van der Waals surface area contributed by atoms with Gasteiger partial charge in [0.15, 0.2) is 34.5 Å². The van der Waals surface area contributed by atoms with Crippen LogP contribution >= 0.6 is 0 Å². The zero-order valence-corrected chi connectivity index (χ0v) is 16.5. The second kappa shape index (κ2) is 8.31. The van der Waals surface area contributed by atoms with Gasteiger partial charge < -0.3 is 50.7 Å². The molecular weight excluding hydrogens is 460 g/mol. The van der Waals surface area contributed by atoms with E-state index in [9.17, 15) is 60.3 Å². The topological polar surface area (TPSA) is 243 Å². The van der Waals surface area contributed by atoms with E-state index in [0.29, 0.717) is 18.2 Å². The molecule has 0 aromatic heterocycles. The number of rotatable bonds is 6. The van der Waals surface area contributed by atoms with E-state index >= 15 is 0 Å². The molecule has 0 amide bonds. The number of carboxylic acids is 3. The zero-order chi connectivity index (χ0) is 25.5. The maximum absolute atomic E-state index is 11.9. The number of benzene rings is 3. The second-order valence-corrected chi connectivity index (χ2v) is 6.74. The van der Waals surface area contributed by atoms with E-state index in [2.05, 4.69) is 0 Å². The van der Waals surface area contributed by atoms with E-state index in [-0.39, 0.29) is 0 Å². The Hall–Kier alpha value is -5.33. The summed E-state index contributed by atoms with van der Waals surface area (Å²) in [5, 5.41) is 87.3. The molecular formula is C21H14O13. The zero-order valence-electron chi connectivity index (χ0n) is 16.5. The Balaban J connectivity index is 2.26. The number of hydrogen-bond donors (Lipinski definition) is 9. The van der Waals surface area contributed by atoms with E-state index in [1.165, 1.54) is 0 Å². The molecule has 3 aromatic carbocycles. The van der Waals surface area contributed by atoms with Gasteiger partial charge in [-0.1, -0.05) is 0 Å². The predicted molar refractivity (Wildman–Crippen MR) is 109 cm³/mol. The van der Waals surface area contributed by atoms with Crippen LogP contribution in [-0.4, -0.2) is 63.9 Å². The van der Waals surface area contributed by atoms with Gasteiger partial charge in [-0.15, -0.1) is 0 Å². The van der Waals surface area contributed by atoms with E-state index < -0.39 is 91.7 Å². The highest BCUT2D eigenvalue weighted by molar-refractivity contribution is 6.03. The summed E-state index contributed by atoms with van der Waals surface area (Å²) in [5.41, 5.74) is -3.01. The van der Waals surface area contributed by atoms with Crippen LogP contribution < -0.4 is 4.74 Å². The van der Waals surface area contributed by atoms with Gasteiger partial charge in [0.25, 0.3) is 0 Å². The Morgan fingerprint density at radius 1 is 0.529 bits per heavy atom. The largest absolute Gasteiger partial charge is 0.504 e. The number of aromatic hydroxyl groups is 6. The molecule has 34 heavy (non-hydrogen) atoms. The van der Waals surface area contributed by atoms with Crippen molar-refractivity contribution in [2.45, 2.75) is 0 Å². The van der Waals surface area contributed by atoms with E-state index in [0.717, 1.165) is 12.1 Å². The quantitative estimate of drug-likeness (QED) is 0.233. The van der Waals surface area contributed by atoms with Gasteiger partial charge in [-0.3, -0.25) is 0 Å². The normalized spacial score (nSPS) is 10.6. The molecule has 176 valence electrons. The maximum Gasteiger partial charge on any atom is 0.339 e. The van der Waals surface area contributed by atoms with Crippen LogP contribution in [0.2, 0.25) is 0 Å². The van der Waals surface area contributed by atoms with Crippen molar-refractivity contribution >= 4 is 17.9 Å². The van der Waals surface area contributed by atoms with Crippen LogP contribution in [0.4, 0.5) is 0 Å². The molecule has 0 atom stereocenters. The lowest BCUT2D eigenvalue weighted by Crippen LogP contribution is -2.06. The minimum Gasteiger partial charge on any atom is -0.504 e. The smallest absolute Gasteiger partial charge is 0.339 e. The van der Waals surface area contributed by atoms with Crippen molar-refractivity contribution < 1.29 is 65.1 Å². The Bertz CT molecular complexity index is 1370. The number of carbonyl (C=O) groups is 3. The third-order valence-corrected chi connectivity index (χ3v) is 4.61. The number of phenolic OH excluding ortho intramolecular Hbond substituents is 6. The first-order chi connectivity index (χ1) is 15.8. The van der Waals surface area contributed by atoms with Crippen molar-refractivity contribution in [1.29, 1.82) is 0 Å². The summed E-state index contributed by atoms with van der Waals surface area (Å²) in [4.78, 5) is 34.9. The highest BCUT2D eigenvalue weighted by Crippen LogP contribution is 2.48. The van der Waals surface area contributed by atoms with Gasteiger partial charge in [-0.25, -0.2) is 14.4 Å². The highest BCUT2D eigenvalue weighted by atomic mass is 16.5. The summed E-state index contributed by atoms with van der Waals surface area (Å²) in [6.45, 7) is 0. The Morgan fingerprint density at radius 2 is 0.971 bits per heavy atom. The number of aromatic carboxylic acids is 3. The summed E-state index contributed by atoms with van der Waals surface area (Å²) in [6, 6.07) is 3.35. The average molecular weight is 474 g/mol. The molecule has 0 saturated carbocycles. The molecule has 0 heterocycles. The van der Waals surface area contributed by atoms with Crippen molar-refractivity contribution in [2.24, 2.45) is 0 Å². The van der Waals surface area contributed by atoms with Crippen LogP contribution in [-0.2, 0) is 0 Å². The van der Waals surface area contributed by atoms with Crippen LogP contribution in [0.25, 0.3) is 11.1 Å². The Kier molecular flexibility index (Phi) is 5.70. The third kappa shape index (κ3) is 3.95. The minimum absolute atomic E-state index is 0.404. The first-order valence-electron chi connectivity index (χ1n) is 8.92. The molecule has 3 aromatic rings. The van der Waals surface area contributed by atoms with E-state index in [4.69, 9.17) is 4.74 Å². The monoisotopic (exact) mass is 474 g/mol. The van der Waals surface area contributed by atoms with Crippen molar-refractivity contribution in [2.75, 3.05) is 0 Å². The molecule has 3 rings (SSSR count). The molecule has 0 saturated heterocycles. The standard InChI is InChI=1S/C21H14O13/c22-11-1-6(8(19(28)29)3-12(11)23)7-2-13(24)15(5-9(7)20(30)31)34-18-10(21(32)33)4-14(25)16(26)17(18)27/h1-5,22-27H,(H,28,29)(H,30,31)(H,32,33). The van der Waals surface area contributed by atoms with Gasteiger partial charge >= 0.3 is 17.9 Å². The van der Waals surface area contributed by atoms with Gasteiger partial charge in [0, 0.05) is 17.2 Å². The van der Waals surface area contributed by atoms with Crippen LogP contribution in [0.3, 0.4) is 0 Å². The van der Waals surface area contributed by atoms with Crippen LogP contribution in [0, 0.1) is 0 Å². The van der Waals surface area contributed by atoms with Crippen molar-refractivity contribution in [1.82, 2.24) is 0 Å². The Morgan fingerprint density at radius 3 is 1.50 bits per heavy atom. The van der Waals surface area contributed by atoms with Crippen LogP contribution in [0.1, 0.15) is 31.1 Å². The van der Waals surface area contributed by atoms with Crippen molar-refractivity contribution in [3.63, 3.8) is 0 Å². The lowest BCUT2D eigenvalue weighted by atomic mass is 9.94. The summed E-state index contributed by atoms with van der Waals surface area (Å²) in [6.07, 6.45) is 0. The molecule has 0 unspecified atom stereocenters. The second-order valence-electron chi connectivity index (χ2n) is 6.74. The summed E-state index contributed by atoms with van der Waals surface area (Å²) in [7, 11) is 0. The highest BCUT2D eigenvalue weighted by Gasteiger charge is 2.27. The van der Waals surface area contributed by atoms with Crippen molar-refractivity contribution in [3.05, 3.63) is 47.0 Å². The predicted octanol–water partition coefficient (Wildman–Crippen LogP) is 2.47. The Labute approximate surface area is 187 Å².